The average molecular weight is 369 g/mol. The van der Waals surface area contributed by atoms with Crippen LogP contribution in [0, 0.1) is 0 Å². The van der Waals surface area contributed by atoms with E-state index in [1.54, 1.807) is 22.8 Å². The van der Waals surface area contributed by atoms with Crippen LogP contribution in [0.5, 0.6) is 0 Å². The minimum absolute atomic E-state index is 0.0362. The van der Waals surface area contributed by atoms with Crippen LogP contribution in [0.2, 0.25) is 0 Å². The van der Waals surface area contributed by atoms with Crippen LogP contribution in [0.3, 0.4) is 0 Å². The molecule has 0 saturated carbocycles. The van der Waals surface area contributed by atoms with Crippen LogP contribution in [0.4, 0.5) is 11.4 Å². The van der Waals surface area contributed by atoms with Gasteiger partial charge in [0.25, 0.3) is 0 Å². The number of hydrogen-bond donors (Lipinski definition) is 2. The lowest BCUT2D eigenvalue weighted by Crippen LogP contribution is -2.56. The van der Waals surface area contributed by atoms with Crippen LogP contribution in [0.25, 0.3) is 0 Å². The number of para-hydroxylation sites is 1. The number of amides is 2. The summed E-state index contributed by atoms with van der Waals surface area (Å²) < 4.78 is 1.67. The molecule has 0 spiro atoms. The van der Waals surface area contributed by atoms with Crippen molar-refractivity contribution in [2.24, 2.45) is 12.0 Å². The fraction of sp³-hybridized carbons (Fsp3) is 0.333. The van der Waals surface area contributed by atoms with E-state index in [2.05, 4.69) is 20.7 Å². The number of nitrogens with zero attached hydrogens (tertiary/aromatic N) is 5. The summed E-state index contributed by atoms with van der Waals surface area (Å²) in [7, 11) is 3.45. The van der Waals surface area contributed by atoms with Gasteiger partial charge >= 0.3 is 0 Å². The molecule has 1 aromatic heterocycles. The van der Waals surface area contributed by atoms with Crippen LogP contribution >= 0.6 is 0 Å². The van der Waals surface area contributed by atoms with Gasteiger partial charge in [-0.2, -0.15) is 5.10 Å². The summed E-state index contributed by atoms with van der Waals surface area (Å²) in [5.41, 5.74) is 1.52. The van der Waals surface area contributed by atoms with E-state index in [-0.39, 0.29) is 24.9 Å². The lowest BCUT2D eigenvalue weighted by Gasteiger charge is -2.35. The molecule has 1 aliphatic rings. The standard InChI is InChI=1S/C18H23N7O2/c1-19-18(20-11-16(26)22-14-6-4-3-5-7-14)24-8-9-25(17(27)13-24)15-10-21-23(2)12-15/h3-7,10,12H,8-9,11,13H2,1-2H3,(H,19,20)(H,22,26). The van der Waals surface area contributed by atoms with Crippen LogP contribution in [0.15, 0.2) is 47.7 Å². The molecule has 0 aliphatic carbocycles. The molecule has 1 aliphatic heterocycles. The number of hydrogen-bond acceptors (Lipinski definition) is 4. The number of aryl methyl sites for hydroxylation is 1. The molecule has 27 heavy (non-hydrogen) atoms. The van der Waals surface area contributed by atoms with Crippen molar-refractivity contribution in [1.29, 1.82) is 0 Å². The third kappa shape index (κ3) is 4.63. The second-order valence-corrected chi connectivity index (χ2v) is 6.15. The van der Waals surface area contributed by atoms with Gasteiger partial charge in [-0.05, 0) is 12.1 Å². The second kappa shape index (κ2) is 8.35. The van der Waals surface area contributed by atoms with E-state index < -0.39 is 0 Å². The van der Waals surface area contributed by atoms with E-state index >= 15 is 0 Å². The van der Waals surface area contributed by atoms with Gasteiger partial charge in [-0.1, -0.05) is 18.2 Å². The zero-order chi connectivity index (χ0) is 19.2. The van der Waals surface area contributed by atoms with Crippen molar-refractivity contribution in [2.45, 2.75) is 0 Å². The monoisotopic (exact) mass is 369 g/mol. The number of nitrogens with one attached hydrogen (secondary N) is 2. The second-order valence-electron chi connectivity index (χ2n) is 6.15. The Morgan fingerprint density at radius 1 is 1.26 bits per heavy atom. The molecule has 0 atom stereocenters. The molecule has 3 rings (SSSR count). The number of rotatable bonds is 4. The SMILES string of the molecule is CN=C(NCC(=O)Nc1ccccc1)N1CCN(c2cnn(C)c2)C(=O)C1. The number of aliphatic imine (C=N–C) groups is 1. The average Bonchev–Trinajstić information content (AvgIpc) is 3.09. The smallest absolute Gasteiger partial charge is 0.246 e. The van der Waals surface area contributed by atoms with E-state index in [1.807, 2.05) is 48.5 Å². The van der Waals surface area contributed by atoms with Crippen molar-refractivity contribution in [1.82, 2.24) is 20.0 Å². The first-order valence-electron chi connectivity index (χ1n) is 8.66. The molecular weight excluding hydrogens is 346 g/mol. The van der Waals surface area contributed by atoms with Crippen LogP contribution in [-0.2, 0) is 16.6 Å². The first-order valence-corrected chi connectivity index (χ1v) is 8.66. The fourth-order valence-electron chi connectivity index (χ4n) is 2.89. The minimum atomic E-state index is -0.178. The molecule has 1 saturated heterocycles. The number of benzene rings is 1. The van der Waals surface area contributed by atoms with Crippen molar-refractivity contribution in [3.63, 3.8) is 0 Å². The Morgan fingerprint density at radius 2 is 2.04 bits per heavy atom. The largest absolute Gasteiger partial charge is 0.347 e. The molecule has 1 aromatic carbocycles. The maximum absolute atomic E-state index is 12.5. The number of piperazine rings is 1. The summed E-state index contributed by atoms with van der Waals surface area (Å²) in [5, 5.41) is 9.93. The molecule has 1 fully saturated rings. The summed E-state index contributed by atoms with van der Waals surface area (Å²) in [6.07, 6.45) is 3.49. The Labute approximate surface area is 157 Å². The maximum atomic E-state index is 12.5. The van der Waals surface area contributed by atoms with Crippen molar-refractivity contribution >= 4 is 29.1 Å². The summed E-state index contributed by atoms with van der Waals surface area (Å²) in [5.74, 6) is 0.311. The zero-order valence-electron chi connectivity index (χ0n) is 15.4. The number of carbonyl (C=O) groups excluding carboxylic acids is 2. The van der Waals surface area contributed by atoms with Gasteiger partial charge in [0.15, 0.2) is 5.96 Å². The lowest BCUT2D eigenvalue weighted by atomic mass is 10.3. The summed E-state index contributed by atoms with van der Waals surface area (Å²) in [6.45, 7) is 1.40. The molecule has 0 unspecified atom stereocenters. The number of carbonyl (C=O) groups is 2. The molecule has 2 heterocycles. The molecule has 9 nitrogen and oxygen atoms in total. The Kier molecular flexibility index (Phi) is 5.70. The molecular formula is C18H23N7O2. The highest BCUT2D eigenvalue weighted by molar-refractivity contribution is 5.99. The van der Waals surface area contributed by atoms with Gasteiger partial charge in [0.1, 0.15) is 6.54 Å². The fourth-order valence-corrected chi connectivity index (χ4v) is 2.89. The van der Waals surface area contributed by atoms with E-state index in [0.717, 1.165) is 11.4 Å². The quantitative estimate of drug-likeness (QED) is 0.596. The third-order valence-electron chi connectivity index (χ3n) is 4.20. The summed E-state index contributed by atoms with van der Waals surface area (Å²) in [6, 6.07) is 9.24. The maximum Gasteiger partial charge on any atom is 0.246 e. The van der Waals surface area contributed by atoms with Crippen LogP contribution < -0.4 is 15.5 Å². The normalized spacial score (nSPS) is 15.0. The highest BCUT2D eigenvalue weighted by Gasteiger charge is 2.27. The Bertz CT molecular complexity index is 831. The van der Waals surface area contributed by atoms with Gasteiger partial charge in [-0.15, -0.1) is 0 Å². The predicted octanol–water partition coefficient (Wildman–Crippen LogP) is 0.283. The number of aromatic nitrogens is 2. The van der Waals surface area contributed by atoms with E-state index in [9.17, 15) is 9.59 Å². The van der Waals surface area contributed by atoms with Crippen LogP contribution in [0.1, 0.15) is 0 Å². The van der Waals surface area contributed by atoms with Gasteiger partial charge < -0.3 is 20.4 Å². The molecule has 9 heteroatoms. The predicted molar refractivity (Wildman–Crippen MR) is 104 cm³/mol. The topological polar surface area (TPSA) is 94.9 Å². The molecule has 2 aromatic rings. The number of guanidine groups is 1. The van der Waals surface area contributed by atoms with Gasteiger partial charge in [-0.3, -0.25) is 19.3 Å². The van der Waals surface area contributed by atoms with Crippen molar-refractivity contribution in [3.05, 3.63) is 42.7 Å². The first kappa shape index (κ1) is 18.4. The van der Waals surface area contributed by atoms with Gasteiger partial charge in [0.2, 0.25) is 11.8 Å². The Balaban J connectivity index is 1.52. The molecule has 142 valence electrons. The van der Waals surface area contributed by atoms with E-state index in [1.165, 1.54) is 0 Å². The third-order valence-corrected chi connectivity index (χ3v) is 4.20. The van der Waals surface area contributed by atoms with Crippen molar-refractivity contribution < 1.29 is 9.59 Å². The van der Waals surface area contributed by atoms with Crippen LogP contribution in [-0.4, -0.2) is 65.7 Å². The van der Waals surface area contributed by atoms with Gasteiger partial charge in [0.05, 0.1) is 18.4 Å². The van der Waals surface area contributed by atoms with E-state index in [4.69, 9.17) is 0 Å². The lowest BCUT2D eigenvalue weighted by molar-refractivity contribution is -0.120. The van der Waals surface area contributed by atoms with Crippen molar-refractivity contribution in [3.8, 4) is 0 Å². The number of anilines is 2. The van der Waals surface area contributed by atoms with Gasteiger partial charge in [0, 0.05) is 39.1 Å². The summed E-state index contributed by atoms with van der Waals surface area (Å²) >= 11 is 0. The van der Waals surface area contributed by atoms with Gasteiger partial charge in [-0.25, -0.2) is 0 Å². The molecule has 0 bridgehead atoms. The highest BCUT2D eigenvalue weighted by Crippen LogP contribution is 2.16. The molecule has 2 N–H and O–H groups in total. The Morgan fingerprint density at radius 3 is 2.67 bits per heavy atom. The highest BCUT2D eigenvalue weighted by atomic mass is 16.2. The molecule has 2 amide bonds. The Hall–Kier alpha value is -3.36. The molecule has 0 radical (unpaired) electrons. The summed E-state index contributed by atoms with van der Waals surface area (Å²) in [4.78, 5) is 32.3. The van der Waals surface area contributed by atoms with E-state index in [0.29, 0.717) is 19.0 Å². The first-order chi connectivity index (χ1) is 13.1. The zero-order valence-corrected chi connectivity index (χ0v) is 15.4. The minimum Gasteiger partial charge on any atom is -0.347 e. The van der Waals surface area contributed by atoms with Crippen molar-refractivity contribution in [2.75, 3.05) is 43.4 Å².